The molecule has 0 N–H and O–H groups in total. The minimum Gasteiger partial charge on any atom is -0.494 e. The Morgan fingerprint density at radius 2 is 1.57 bits per heavy atom. The minimum atomic E-state index is -0.679. The van der Waals surface area contributed by atoms with Crippen LogP contribution in [0.3, 0.4) is 0 Å². The lowest BCUT2D eigenvalue weighted by atomic mass is 10.2. The monoisotopic (exact) mass is 329 g/mol. The molecule has 0 aromatic heterocycles. The quantitative estimate of drug-likeness (QED) is 0.779. The van der Waals surface area contributed by atoms with E-state index in [0.29, 0.717) is 24.7 Å². The maximum Gasteiger partial charge on any atom is 0.278 e. The van der Waals surface area contributed by atoms with Gasteiger partial charge in [-0.2, -0.15) is 0 Å². The molecule has 0 spiro atoms. The van der Waals surface area contributed by atoms with Crippen LogP contribution in [0, 0.1) is 0 Å². The molecule has 0 saturated carbocycles. The van der Waals surface area contributed by atoms with Gasteiger partial charge in [-0.15, -0.1) is 0 Å². The summed E-state index contributed by atoms with van der Waals surface area (Å²) >= 11 is 11.5. The maximum atomic E-state index is 12.1. The molecule has 0 fully saturated rings. The molecule has 2 rings (SSSR count). The van der Waals surface area contributed by atoms with E-state index in [4.69, 9.17) is 32.7 Å². The third kappa shape index (κ3) is 2.84. The lowest BCUT2D eigenvalue weighted by Crippen LogP contribution is -2.31. The summed E-state index contributed by atoms with van der Waals surface area (Å²) < 4.78 is 10.8. The van der Waals surface area contributed by atoms with Gasteiger partial charge in [-0.25, -0.2) is 4.90 Å². The fourth-order valence-corrected chi connectivity index (χ4v) is 2.23. The summed E-state index contributed by atoms with van der Waals surface area (Å²) in [6, 6.07) is 4.87. The first-order valence-corrected chi connectivity index (χ1v) is 7.10. The zero-order valence-electron chi connectivity index (χ0n) is 11.5. The van der Waals surface area contributed by atoms with E-state index in [1.54, 1.807) is 25.1 Å². The number of hydrogen-bond donors (Lipinski definition) is 0. The summed E-state index contributed by atoms with van der Waals surface area (Å²) in [5.74, 6) is -0.475. The molecule has 0 unspecified atom stereocenters. The molecule has 0 radical (unpaired) electrons. The predicted molar refractivity (Wildman–Crippen MR) is 80.0 cm³/mol. The number of amides is 2. The number of anilines is 1. The number of halogens is 2. The number of hydrogen-bond acceptors (Lipinski definition) is 4. The lowest BCUT2D eigenvalue weighted by Gasteiger charge is -2.19. The highest BCUT2D eigenvalue weighted by Crippen LogP contribution is 2.38. The highest BCUT2D eigenvalue weighted by Gasteiger charge is 2.39. The van der Waals surface area contributed by atoms with Crippen LogP contribution in [-0.4, -0.2) is 25.0 Å². The van der Waals surface area contributed by atoms with Gasteiger partial charge >= 0.3 is 0 Å². The second-order valence-electron chi connectivity index (χ2n) is 4.07. The Bertz CT molecular complexity index is 603. The maximum absolute atomic E-state index is 12.1. The van der Waals surface area contributed by atoms with Crippen molar-refractivity contribution in [1.82, 2.24) is 0 Å². The van der Waals surface area contributed by atoms with Crippen LogP contribution >= 0.6 is 23.2 Å². The van der Waals surface area contributed by atoms with Crippen LogP contribution in [0.25, 0.3) is 0 Å². The standard InChI is InChI=1S/C14H13Cl2NO4/c1-3-20-8-5-6-10(21-4-2)9(7-8)17-13(18)11(15)12(16)14(17)19/h5-7H,3-4H2,1-2H3. The van der Waals surface area contributed by atoms with E-state index in [-0.39, 0.29) is 15.8 Å². The van der Waals surface area contributed by atoms with Crippen molar-refractivity contribution in [2.24, 2.45) is 0 Å². The molecule has 0 saturated heterocycles. The third-order valence-electron chi connectivity index (χ3n) is 2.76. The highest BCUT2D eigenvalue weighted by molar-refractivity contribution is 6.62. The molecule has 0 aliphatic carbocycles. The van der Waals surface area contributed by atoms with Gasteiger partial charge in [0.1, 0.15) is 21.6 Å². The Kier molecular flexibility index (Phi) is 4.75. The molecule has 2 amide bonds. The van der Waals surface area contributed by atoms with E-state index in [9.17, 15) is 9.59 Å². The van der Waals surface area contributed by atoms with Crippen LogP contribution in [0.15, 0.2) is 28.3 Å². The second kappa shape index (κ2) is 6.37. The number of ether oxygens (including phenoxy) is 2. The van der Waals surface area contributed by atoms with Gasteiger partial charge in [0, 0.05) is 6.07 Å². The number of carbonyl (C=O) groups is 2. The number of rotatable bonds is 5. The van der Waals surface area contributed by atoms with E-state index < -0.39 is 11.8 Å². The molecule has 5 nitrogen and oxygen atoms in total. The van der Waals surface area contributed by atoms with Gasteiger partial charge in [0.25, 0.3) is 11.8 Å². The van der Waals surface area contributed by atoms with Gasteiger partial charge in [-0.1, -0.05) is 23.2 Å². The number of imide groups is 1. The Labute approximate surface area is 132 Å². The van der Waals surface area contributed by atoms with Crippen LogP contribution < -0.4 is 14.4 Å². The number of nitrogens with zero attached hydrogens (tertiary/aromatic N) is 1. The average molecular weight is 330 g/mol. The topological polar surface area (TPSA) is 55.8 Å². The molecular weight excluding hydrogens is 317 g/mol. The molecule has 7 heteroatoms. The number of benzene rings is 1. The molecule has 1 aliphatic heterocycles. The van der Waals surface area contributed by atoms with E-state index in [0.717, 1.165) is 4.90 Å². The normalized spacial score (nSPS) is 15.0. The third-order valence-corrected chi connectivity index (χ3v) is 3.55. The zero-order valence-corrected chi connectivity index (χ0v) is 13.0. The van der Waals surface area contributed by atoms with Gasteiger partial charge in [0.2, 0.25) is 0 Å². The summed E-state index contributed by atoms with van der Waals surface area (Å²) in [6.07, 6.45) is 0. The van der Waals surface area contributed by atoms with Crippen molar-refractivity contribution in [3.8, 4) is 11.5 Å². The van der Waals surface area contributed by atoms with Crippen molar-refractivity contribution in [2.75, 3.05) is 18.1 Å². The van der Waals surface area contributed by atoms with E-state index >= 15 is 0 Å². The Morgan fingerprint density at radius 1 is 1.00 bits per heavy atom. The van der Waals surface area contributed by atoms with Gasteiger partial charge in [-0.3, -0.25) is 9.59 Å². The van der Waals surface area contributed by atoms with E-state index in [1.807, 2.05) is 6.92 Å². The van der Waals surface area contributed by atoms with Crippen LogP contribution in [0.1, 0.15) is 13.8 Å². The molecule has 1 aromatic rings. The van der Waals surface area contributed by atoms with Crippen molar-refractivity contribution in [3.05, 3.63) is 28.3 Å². The first-order valence-electron chi connectivity index (χ1n) is 6.34. The van der Waals surface area contributed by atoms with E-state index in [2.05, 4.69) is 0 Å². The fourth-order valence-electron chi connectivity index (χ4n) is 1.90. The van der Waals surface area contributed by atoms with Crippen molar-refractivity contribution in [1.29, 1.82) is 0 Å². The van der Waals surface area contributed by atoms with Crippen LogP contribution in [0.2, 0.25) is 0 Å². The molecule has 1 aromatic carbocycles. The van der Waals surface area contributed by atoms with Gasteiger partial charge < -0.3 is 9.47 Å². The van der Waals surface area contributed by atoms with Gasteiger partial charge in [0.15, 0.2) is 0 Å². The first kappa shape index (κ1) is 15.7. The largest absolute Gasteiger partial charge is 0.494 e. The summed E-state index contributed by atoms with van der Waals surface area (Å²) in [5, 5.41) is -0.600. The highest BCUT2D eigenvalue weighted by atomic mass is 35.5. The summed E-state index contributed by atoms with van der Waals surface area (Å²) in [5.41, 5.74) is 0.256. The molecule has 1 heterocycles. The summed E-state index contributed by atoms with van der Waals surface area (Å²) in [4.78, 5) is 25.1. The Morgan fingerprint density at radius 3 is 2.10 bits per heavy atom. The molecule has 21 heavy (non-hydrogen) atoms. The van der Waals surface area contributed by atoms with Crippen LogP contribution in [0.5, 0.6) is 11.5 Å². The fraction of sp³-hybridized carbons (Fsp3) is 0.286. The molecule has 0 atom stereocenters. The summed E-state index contributed by atoms with van der Waals surface area (Å²) in [6.45, 7) is 4.46. The lowest BCUT2D eigenvalue weighted by molar-refractivity contribution is -0.120. The first-order chi connectivity index (χ1) is 10.0. The number of carbonyl (C=O) groups excluding carboxylic acids is 2. The zero-order chi connectivity index (χ0) is 15.6. The van der Waals surface area contributed by atoms with Crippen LogP contribution in [-0.2, 0) is 9.59 Å². The SMILES string of the molecule is CCOc1ccc(OCC)c(N2C(=O)C(Cl)=C(Cl)C2=O)c1. The van der Waals surface area contributed by atoms with Crippen LogP contribution in [0.4, 0.5) is 5.69 Å². The Hall–Kier alpha value is -1.72. The average Bonchev–Trinajstić information content (AvgIpc) is 2.65. The Balaban J connectivity index is 2.49. The molecule has 112 valence electrons. The second-order valence-corrected chi connectivity index (χ2v) is 4.83. The minimum absolute atomic E-state index is 0.256. The van der Waals surface area contributed by atoms with Crippen molar-refractivity contribution in [3.63, 3.8) is 0 Å². The van der Waals surface area contributed by atoms with Crippen molar-refractivity contribution in [2.45, 2.75) is 13.8 Å². The van der Waals surface area contributed by atoms with E-state index in [1.165, 1.54) is 0 Å². The molecular formula is C14H13Cl2NO4. The van der Waals surface area contributed by atoms with Gasteiger partial charge in [0.05, 0.1) is 18.9 Å². The summed E-state index contributed by atoms with van der Waals surface area (Å²) in [7, 11) is 0. The van der Waals surface area contributed by atoms with Crippen molar-refractivity contribution >= 4 is 40.7 Å². The molecule has 1 aliphatic rings. The van der Waals surface area contributed by atoms with Gasteiger partial charge in [-0.05, 0) is 26.0 Å². The molecule has 0 bridgehead atoms. The van der Waals surface area contributed by atoms with Crippen molar-refractivity contribution < 1.29 is 19.1 Å². The smallest absolute Gasteiger partial charge is 0.278 e. The predicted octanol–water partition coefficient (Wildman–Crippen LogP) is 3.05.